The van der Waals surface area contributed by atoms with E-state index in [-0.39, 0.29) is 11.6 Å². The number of hydrogen-bond acceptors (Lipinski definition) is 3. The maximum Gasteiger partial charge on any atom is 0.105 e. The van der Waals surface area contributed by atoms with E-state index in [9.17, 15) is 0 Å². The number of aliphatic hydroxyl groups excluding tert-OH is 1. The zero-order chi connectivity index (χ0) is 9.84. The zero-order valence-electron chi connectivity index (χ0n) is 6.67. The Hall–Kier alpha value is 0.1000. The van der Waals surface area contributed by atoms with E-state index in [1.165, 1.54) is 0 Å². The topological polar surface area (TPSA) is 32.3 Å². The van der Waals surface area contributed by atoms with Gasteiger partial charge in [0.1, 0.15) is 4.95 Å². The minimum absolute atomic E-state index is 0.000267. The van der Waals surface area contributed by atoms with Crippen LogP contribution in [-0.4, -0.2) is 16.7 Å². The van der Waals surface area contributed by atoms with Crippen LogP contribution in [0.15, 0.2) is 23.1 Å². The molecule has 0 amide bonds. The summed E-state index contributed by atoms with van der Waals surface area (Å²) >= 11 is 13.3. The van der Waals surface area contributed by atoms with E-state index < -0.39 is 0 Å². The van der Waals surface area contributed by atoms with Crippen LogP contribution < -0.4 is 5.32 Å². The van der Waals surface area contributed by atoms with Crippen LogP contribution in [-0.2, 0) is 0 Å². The van der Waals surface area contributed by atoms with Gasteiger partial charge in [-0.1, -0.05) is 27.5 Å². The first-order chi connectivity index (χ1) is 6.13. The summed E-state index contributed by atoms with van der Waals surface area (Å²) in [5, 5.41) is 12.4. The molecule has 1 aromatic rings. The highest BCUT2D eigenvalue weighted by Crippen LogP contribution is 2.25. The lowest BCUT2D eigenvalue weighted by atomic mass is 10.3. The Morgan fingerprint density at radius 3 is 2.92 bits per heavy atom. The average molecular weight is 283 g/mol. The average Bonchev–Trinajstić information content (AvgIpc) is 2.11. The molecule has 0 fully saturated rings. The monoisotopic (exact) mass is 281 g/mol. The second-order valence-corrected chi connectivity index (χ2v) is 4.48. The minimum atomic E-state index is -0.183. The van der Waals surface area contributed by atoms with Crippen molar-refractivity contribution in [3.05, 3.63) is 23.2 Å². The largest absolute Gasteiger partial charge is 0.393 e. The summed E-state index contributed by atoms with van der Waals surface area (Å²) in [4.78, 5) is 0.610. The number of rotatable bonds is 3. The van der Waals surface area contributed by atoms with Crippen molar-refractivity contribution in [1.29, 1.82) is 0 Å². The van der Waals surface area contributed by atoms with Gasteiger partial charge >= 0.3 is 0 Å². The van der Waals surface area contributed by atoms with Crippen molar-refractivity contribution < 1.29 is 5.11 Å². The first-order valence-electron chi connectivity index (χ1n) is 3.63. The third-order valence-electron chi connectivity index (χ3n) is 1.43. The molecule has 5 heteroatoms. The summed E-state index contributed by atoms with van der Waals surface area (Å²) in [5.41, 5.74) is 0.798. The second-order valence-electron chi connectivity index (χ2n) is 2.46. The van der Waals surface area contributed by atoms with Crippen LogP contribution in [0.1, 0.15) is 0 Å². The molecule has 1 atom stereocenters. The molecule has 0 aliphatic rings. The van der Waals surface area contributed by atoms with E-state index in [0.717, 1.165) is 10.6 Å². The van der Waals surface area contributed by atoms with Gasteiger partial charge in [-0.2, -0.15) is 0 Å². The van der Waals surface area contributed by atoms with Crippen molar-refractivity contribution in [2.24, 2.45) is 0 Å². The molecule has 0 saturated carbocycles. The molecule has 13 heavy (non-hydrogen) atoms. The minimum Gasteiger partial charge on any atom is -0.393 e. The lowest BCUT2D eigenvalue weighted by Crippen LogP contribution is -2.16. The number of halogens is 2. The maximum atomic E-state index is 8.79. The second kappa shape index (κ2) is 5.10. The lowest BCUT2D eigenvalue weighted by molar-refractivity contribution is 0.304. The standard InChI is InChI=1S/C8H9BrClNOS/c9-8(4-12)11-6-3-5(10)1-2-7(6)13/h1-3,8,11-13H,4H2. The van der Waals surface area contributed by atoms with Gasteiger partial charge in [-0.15, -0.1) is 12.6 Å². The summed E-state index contributed by atoms with van der Waals surface area (Å²) in [7, 11) is 0. The zero-order valence-corrected chi connectivity index (χ0v) is 9.90. The normalized spacial score (nSPS) is 12.6. The molecular weight excluding hydrogens is 274 g/mol. The van der Waals surface area contributed by atoms with Crippen molar-refractivity contribution in [2.75, 3.05) is 11.9 Å². The summed E-state index contributed by atoms with van der Waals surface area (Å²) in [6, 6.07) is 5.32. The van der Waals surface area contributed by atoms with Crippen molar-refractivity contribution in [3.63, 3.8) is 0 Å². The Morgan fingerprint density at radius 1 is 1.62 bits per heavy atom. The molecule has 0 aliphatic carbocycles. The molecule has 0 heterocycles. The van der Waals surface area contributed by atoms with Gasteiger partial charge < -0.3 is 10.4 Å². The Kier molecular flexibility index (Phi) is 4.38. The summed E-state index contributed by atoms with van der Waals surface area (Å²) in [6.45, 7) is -0.000267. The third kappa shape index (κ3) is 3.38. The molecular formula is C8H9BrClNOS. The predicted molar refractivity (Wildman–Crippen MR) is 62.1 cm³/mol. The number of anilines is 1. The number of thiol groups is 1. The van der Waals surface area contributed by atoms with Gasteiger partial charge in [0.05, 0.1) is 6.61 Å². The molecule has 0 aromatic heterocycles. The molecule has 0 radical (unpaired) electrons. The number of hydrogen-bond donors (Lipinski definition) is 3. The fraction of sp³-hybridized carbons (Fsp3) is 0.250. The van der Waals surface area contributed by atoms with Gasteiger partial charge in [0, 0.05) is 15.6 Å². The van der Waals surface area contributed by atoms with Gasteiger partial charge in [0.15, 0.2) is 0 Å². The Morgan fingerprint density at radius 2 is 2.31 bits per heavy atom. The van der Waals surface area contributed by atoms with E-state index in [1.807, 2.05) is 0 Å². The predicted octanol–water partition coefficient (Wildman–Crippen LogP) is 2.75. The van der Waals surface area contributed by atoms with Crippen LogP contribution in [0.2, 0.25) is 5.02 Å². The maximum absolute atomic E-state index is 8.79. The lowest BCUT2D eigenvalue weighted by Gasteiger charge is -2.12. The Labute approximate surface area is 95.8 Å². The molecule has 2 N–H and O–H groups in total. The molecule has 72 valence electrons. The van der Waals surface area contributed by atoms with E-state index in [0.29, 0.717) is 5.02 Å². The van der Waals surface area contributed by atoms with Crippen molar-refractivity contribution in [1.82, 2.24) is 0 Å². The van der Waals surface area contributed by atoms with Crippen LogP contribution in [0.4, 0.5) is 5.69 Å². The van der Waals surface area contributed by atoms with Crippen LogP contribution in [0.3, 0.4) is 0 Å². The Balaban J connectivity index is 2.81. The van der Waals surface area contributed by atoms with Crippen LogP contribution in [0, 0.1) is 0 Å². The van der Waals surface area contributed by atoms with E-state index >= 15 is 0 Å². The number of benzene rings is 1. The van der Waals surface area contributed by atoms with Crippen molar-refractivity contribution in [2.45, 2.75) is 9.85 Å². The highest BCUT2D eigenvalue weighted by Gasteiger charge is 2.04. The fourth-order valence-electron chi connectivity index (χ4n) is 0.838. The first kappa shape index (κ1) is 11.2. The number of aliphatic hydroxyl groups is 1. The van der Waals surface area contributed by atoms with Crippen LogP contribution in [0.25, 0.3) is 0 Å². The molecule has 1 rings (SSSR count). The fourth-order valence-corrected chi connectivity index (χ4v) is 1.46. The molecule has 0 saturated heterocycles. The molecule has 0 spiro atoms. The summed E-state index contributed by atoms with van der Waals surface area (Å²) in [6.07, 6.45) is 0. The highest BCUT2D eigenvalue weighted by molar-refractivity contribution is 9.09. The molecule has 0 bridgehead atoms. The third-order valence-corrected chi connectivity index (χ3v) is 2.57. The highest BCUT2D eigenvalue weighted by atomic mass is 79.9. The molecule has 1 aromatic carbocycles. The van der Waals surface area contributed by atoms with Gasteiger partial charge in [0.2, 0.25) is 0 Å². The van der Waals surface area contributed by atoms with Gasteiger partial charge in [-0.25, -0.2) is 0 Å². The van der Waals surface area contributed by atoms with Gasteiger partial charge in [-0.05, 0) is 18.2 Å². The van der Waals surface area contributed by atoms with Crippen LogP contribution in [0.5, 0.6) is 0 Å². The van der Waals surface area contributed by atoms with E-state index in [2.05, 4.69) is 33.9 Å². The van der Waals surface area contributed by atoms with Crippen molar-refractivity contribution >= 4 is 45.8 Å². The SMILES string of the molecule is OCC(Br)Nc1cc(Cl)ccc1S. The number of nitrogens with one attached hydrogen (secondary N) is 1. The number of alkyl halides is 1. The van der Waals surface area contributed by atoms with Crippen LogP contribution >= 0.6 is 40.2 Å². The molecule has 2 nitrogen and oxygen atoms in total. The summed E-state index contributed by atoms with van der Waals surface area (Å²) in [5.74, 6) is 0. The van der Waals surface area contributed by atoms with Gasteiger partial charge in [0.25, 0.3) is 0 Å². The Bertz CT molecular complexity index is 297. The molecule has 1 unspecified atom stereocenters. The quantitative estimate of drug-likeness (QED) is 0.452. The first-order valence-corrected chi connectivity index (χ1v) is 5.37. The summed E-state index contributed by atoms with van der Waals surface area (Å²) < 4.78 is 0. The molecule has 0 aliphatic heterocycles. The van der Waals surface area contributed by atoms with Crippen molar-refractivity contribution in [3.8, 4) is 0 Å². The smallest absolute Gasteiger partial charge is 0.105 e. The van der Waals surface area contributed by atoms with Gasteiger partial charge in [-0.3, -0.25) is 0 Å². The van der Waals surface area contributed by atoms with E-state index in [4.69, 9.17) is 16.7 Å². The van der Waals surface area contributed by atoms with E-state index in [1.54, 1.807) is 18.2 Å².